The van der Waals surface area contributed by atoms with Gasteiger partial charge in [-0.2, -0.15) is 0 Å². The van der Waals surface area contributed by atoms with Gasteiger partial charge in [0, 0.05) is 85.3 Å². The van der Waals surface area contributed by atoms with Gasteiger partial charge in [0.25, 0.3) is 0 Å². The summed E-state index contributed by atoms with van der Waals surface area (Å²) in [6.45, 7) is 8.74. The molecule has 194 valence electrons. The third-order valence-corrected chi connectivity index (χ3v) is 7.32. The smallest absolute Gasteiger partial charge is 0.227 e. The molecule has 2 aliphatic heterocycles. The molecule has 37 heavy (non-hydrogen) atoms. The van der Waals surface area contributed by atoms with E-state index in [4.69, 9.17) is 9.72 Å². The molecule has 3 aromatic rings. The van der Waals surface area contributed by atoms with Crippen LogP contribution in [-0.4, -0.2) is 52.6 Å². The number of anilines is 3. The molecule has 2 atom stereocenters. The van der Waals surface area contributed by atoms with E-state index in [1.807, 2.05) is 12.3 Å². The van der Waals surface area contributed by atoms with Crippen LogP contribution in [0.4, 0.5) is 26.1 Å². The van der Waals surface area contributed by atoms with Gasteiger partial charge in [-0.3, -0.25) is 4.90 Å². The van der Waals surface area contributed by atoms with Crippen LogP contribution in [0.5, 0.6) is 5.75 Å². The largest absolute Gasteiger partial charge is 0.497 e. The van der Waals surface area contributed by atoms with Crippen molar-refractivity contribution in [3.05, 3.63) is 77.6 Å². The number of aromatic nitrogens is 2. The van der Waals surface area contributed by atoms with Gasteiger partial charge >= 0.3 is 0 Å². The zero-order chi connectivity index (χ0) is 26.1. The molecule has 2 N–H and O–H groups in total. The van der Waals surface area contributed by atoms with Crippen LogP contribution in [0, 0.1) is 11.6 Å². The Balaban J connectivity index is 1.22. The first-order chi connectivity index (χ1) is 17.8. The van der Waals surface area contributed by atoms with Crippen molar-refractivity contribution in [3.8, 4) is 5.75 Å². The fraction of sp³-hybridized carbons (Fsp3) is 0.357. The standard InChI is InChI=1S/C28H32F2N6O/c1-17-9-23(7-8-36(17)18(2)25-6-5-21(31-3)13-26(25)30)35-15-19-14-32-28(34-27(19)16-35)33-22-10-20(29)11-24(12-22)37-4/h5-6,10-14,17,23,31H,2,7-9,15-16H2,1,3-4H3,(H,32,33,34)/t17-,23-/m1/s1. The second-order valence-electron chi connectivity index (χ2n) is 9.69. The number of halogens is 2. The Morgan fingerprint density at radius 1 is 1.14 bits per heavy atom. The lowest BCUT2D eigenvalue weighted by Gasteiger charge is -2.43. The summed E-state index contributed by atoms with van der Waals surface area (Å²) < 4.78 is 33.7. The number of nitrogens with one attached hydrogen (secondary N) is 2. The highest BCUT2D eigenvalue weighted by Crippen LogP contribution is 2.34. The summed E-state index contributed by atoms with van der Waals surface area (Å²) >= 11 is 0. The summed E-state index contributed by atoms with van der Waals surface area (Å²) in [5, 5.41) is 6.05. The van der Waals surface area contributed by atoms with Gasteiger partial charge in [0.05, 0.1) is 12.8 Å². The van der Waals surface area contributed by atoms with Gasteiger partial charge in [0.15, 0.2) is 0 Å². The molecule has 5 rings (SSSR count). The molecule has 2 aliphatic rings. The zero-order valence-corrected chi connectivity index (χ0v) is 21.4. The van der Waals surface area contributed by atoms with Gasteiger partial charge in [-0.25, -0.2) is 18.7 Å². The summed E-state index contributed by atoms with van der Waals surface area (Å²) in [4.78, 5) is 13.8. The van der Waals surface area contributed by atoms with Crippen LogP contribution in [0.3, 0.4) is 0 Å². The predicted molar refractivity (Wildman–Crippen MR) is 142 cm³/mol. The lowest BCUT2D eigenvalue weighted by atomic mass is 9.95. The van der Waals surface area contributed by atoms with E-state index in [0.29, 0.717) is 29.0 Å². The SMILES string of the molecule is C=C(c1ccc(NC)cc1F)N1CC[C@@H](N2Cc3cnc(Nc4cc(F)cc(OC)c4)nc3C2)C[C@H]1C. The van der Waals surface area contributed by atoms with Crippen molar-refractivity contribution >= 4 is 23.0 Å². The zero-order valence-electron chi connectivity index (χ0n) is 21.4. The molecule has 1 fully saturated rings. The minimum Gasteiger partial charge on any atom is -0.497 e. The number of hydrogen-bond acceptors (Lipinski definition) is 7. The number of benzene rings is 2. The maximum Gasteiger partial charge on any atom is 0.227 e. The van der Waals surface area contributed by atoms with E-state index >= 15 is 0 Å². The lowest BCUT2D eigenvalue weighted by molar-refractivity contribution is 0.102. The average molecular weight is 507 g/mol. The summed E-state index contributed by atoms with van der Waals surface area (Å²) in [5.74, 6) is 0.200. The number of piperidine rings is 1. The third kappa shape index (κ3) is 5.22. The Kier molecular flexibility index (Phi) is 6.97. The minimum atomic E-state index is -0.393. The second kappa shape index (κ2) is 10.3. The normalized spacial score (nSPS) is 19.4. The number of nitrogens with zero attached hydrogens (tertiary/aromatic N) is 4. The van der Waals surface area contributed by atoms with Gasteiger partial charge < -0.3 is 20.3 Å². The van der Waals surface area contributed by atoms with E-state index in [-0.39, 0.29) is 11.9 Å². The molecular formula is C28H32F2N6O. The first-order valence-corrected chi connectivity index (χ1v) is 12.5. The third-order valence-electron chi connectivity index (χ3n) is 7.32. The molecule has 0 bridgehead atoms. The molecular weight excluding hydrogens is 474 g/mol. The summed E-state index contributed by atoms with van der Waals surface area (Å²) in [7, 11) is 3.28. The van der Waals surface area contributed by atoms with Crippen molar-refractivity contribution in [1.82, 2.24) is 19.8 Å². The maximum absolute atomic E-state index is 14.7. The molecule has 0 unspecified atom stereocenters. The number of methoxy groups -OCH3 is 1. The molecule has 0 amide bonds. The van der Waals surface area contributed by atoms with Gasteiger partial charge in [-0.05, 0) is 44.0 Å². The quantitative estimate of drug-likeness (QED) is 0.446. The predicted octanol–water partition coefficient (Wildman–Crippen LogP) is 5.39. The van der Waals surface area contributed by atoms with Gasteiger partial charge in [-0.15, -0.1) is 0 Å². The Morgan fingerprint density at radius 3 is 2.70 bits per heavy atom. The molecule has 0 radical (unpaired) electrons. The van der Waals surface area contributed by atoms with Crippen molar-refractivity contribution in [1.29, 1.82) is 0 Å². The monoisotopic (exact) mass is 506 g/mol. The summed E-state index contributed by atoms with van der Waals surface area (Å²) in [6, 6.07) is 10.2. The number of likely N-dealkylation sites (tertiary alicyclic amines) is 1. The van der Waals surface area contributed by atoms with Gasteiger partial charge in [-0.1, -0.05) is 6.58 Å². The van der Waals surface area contributed by atoms with Crippen molar-refractivity contribution < 1.29 is 13.5 Å². The highest BCUT2D eigenvalue weighted by molar-refractivity contribution is 5.65. The lowest BCUT2D eigenvalue weighted by Crippen LogP contribution is -2.46. The first kappa shape index (κ1) is 25.0. The van der Waals surface area contributed by atoms with Crippen molar-refractivity contribution in [2.45, 2.75) is 44.9 Å². The van der Waals surface area contributed by atoms with Gasteiger partial charge in [0.1, 0.15) is 17.4 Å². The van der Waals surface area contributed by atoms with Crippen LogP contribution < -0.4 is 15.4 Å². The number of hydrogen-bond donors (Lipinski definition) is 2. The number of fused-ring (bicyclic) bond motifs is 1. The van der Waals surface area contributed by atoms with Crippen LogP contribution in [0.25, 0.3) is 5.70 Å². The van der Waals surface area contributed by atoms with Crippen LogP contribution >= 0.6 is 0 Å². The van der Waals surface area contributed by atoms with E-state index in [2.05, 4.69) is 38.9 Å². The van der Waals surface area contributed by atoms with Crippen LogP contribution in [0.1, 0.15) is 36.6 Å². The van der Waals surface area contributed by atoms with E-state index in [1.54, 1.807) is 19.2 Å². The average Bonchev–Trinajstić information content (AvgIpc) is 3.31. The van der Waals surface area contributed by atoms with Crippen LogP contribution in [-0.2, 0) is 13.1 Å². The van der Waals surface area contributed by atoms with Crippen molar-refractivity contribution in [3.63, 3.8) is 0 Å². The first-order valence-electron chi connectivity index (χ1n) is 12.5. The molecule has 3 heterocycles. The second-order valence-corrected chi connectivity index (χ2v) is 9.69. The molecule has 0 aliphatic carbocycles. The Bertz CT molecular complexity index is 1320. The number of rotatable bonds is 7. The molecule has 7 nitrogen and oxygen atoms in total. The fourth-order valence-electron chi connectivity index (χ4n) is 5.32. The minimum absolute atomic E-state index is 0.226. The van der Waals surface area contributed by atoms with E-state index in [1.165, 1.54) is 25.3 Å². The molecule has 2 aromatic carbocycles. The van der Waals surface area contributed by atoms with E-state index in [9.17, 15) is 8.78 Å². The maximum atomic E-state index is 14.7. The molecule has 9 heteroatoms. The van der Waals surface area contributed by atoms with Gasteiger partial charge in [0.2, 0.25) is 5.95 Å². The topological polar surface area (TPSA) is 65.5 Å². The van der Waals surface area contributed by atoms with Crippen molar-refractivity contribution in [2.75, 3.05) is 31.3 Å². The summed E-state index contributed by atoms with van der Waals surface area (Å²) in [5.41, 5.74) is 4.63. The highest BCUT2D eigenvalue weighted by Gasteiger charge is 2.34. The Hall–Kier alpha value is -3.72. The Labute approximate surface area is 216 Å². The Morgan fingerprint density at radius 2 is 1.97 bits per heavy atom. The highest BCUT2D eigenvalue weighted by atomic mass is 19.1. The molecule has 0 saturated carbocycles. The van der Waals surface area contributed by atoms with E-state index in [0.717, 1.165) is 55.1 Å². The van der Waals surface area contributed by atoms with Crippen LogP contribution in [0.15, 0.2) is 49.2 Å². The fourth-order valence-corrected chi connectivity index (χ4v) is 5.32. The van der Waals surface area contributed by atoms with Crippen molar-refractivity contribution in [2.24, 2.45) is 0 Å². The molecule has 1 saturated heterocycles. The summed E-state index contributed by atoms with van der Waals surface area (Å²) in [6.07, 6.45) is 3.75. The van der Waals surface area contributed by atoms with Crippen LogP contribution in [0.2, 0.25) is 0 Å². The number of ether oxygens (including phenoxy) is 1. The molecule has 1 aromatic heterocycles. The molecule has 0 spiro atoms. The van der Waals surface area contributed by atoms with E-state index < -0.39 is 5.82 Å².